The van der Waals surface area contributed by atoms with Crippen LogP contribution in [0.25, 0.3) is 11.0 Å². The number of likely N-dealkylation sites (tertiary alicyclic amines) is 1. The highest BCUT2D eigenvalue weighted by Crippen LogP contribution is 2.49. The third-order valence-electron chi connectivity index (χ3n) is 9.60. The summed E-state index contributed by atoms with van der Waals surface area (Å²) in [6.45, 7) is 19.8. The van der Waals surface area contributed by atoms with Gasteiger partial charge in [-0.2, -0.15) is 8.78 Å². The summed E-state index contributed by atoms with van der Waals surface area (Å²) in [5.74, 6) is -5.37. The van der Waals surface area contributed by atoms with Crippen molar-refractivity contribution in [3.8, 4) is 11.6 Å². The largest absolute Gasteiger partial charge is 0.497 e. The summed E-state index contributed by atoms with van der Waals surface area (Å²) < 4.78 is 53.6. The zero-order valence-corrected chi connectivity index (χ0v) is 31.0. The molecule has 1 saturated carbocycles. The molecule has 280 valence electrons. The maximum absolute atomic E-state index is 15.3. The summed E-state index contributed by atoms with van der Waals surface area (Å²) in [5.41, 5.74) is -1.81. The smallest absolute Gasteiger partial charge is 0.408 e. The lowest BCUT2D eigenvalue weighted by Gasteiger charge is -2.35. The van der Waals surface area contributed by atoms with Crippen molar-refractivity contribution in [3.05, 3.63) is 49.2 Å². The summed E-state index contributed by atoms with van der Waals surface area (Å²) in [5, 5.41) is 2.77. The van der Waals surface area contributed by atoms with Gasteiger partial charge >= 0.3 is 18.0 Å². The zero-order valence-electron chi connectivity index (χ0n) is 31.0. The van der Waals surface area contributed by atoms with Crippen LogP contribution in [0.5, 0.6) is 11.6 Å². The lowest BCUT2D eigenvalue weighted by Crippen LogP contribution is -2.57. The van der Waals surface area contributed by atoms with E-state index in [1.165, 1.54) is 18.1 Å². The Hall–Kier alpha value is -4.29. The highest BCUT2D eigenvalue weighted by molar-refractivity contribution is 5.91. The first kappa shape index (κ1) is 39.5. The van der Waals surface area contributed by atoms with Crippen molar-refractivity contribution < 1.29 is 42.1 Å². The fourth-order valence-corrected chi connectivity index (χ4v) is 6.49. The third-order valence-corrected chi connectivity index (χ3v) is 9.60. The highest BCUT2D eigenvalue weighted by atomic mass is 19.3. The summed E-state index contributed by atoms with van der Waals surface area (Å²) >= 11 is 0. The minimum atomic E-state index is -3.62. The van der Waals surface area contributed by atoms with Crippen LogP contribution in [0.3, 0.4) is 0 Å². The first-order valence-electron chi connectivity index (χ1n) is 17.5. The molecular weight excluding hydrogens is 662 g/mol. The summed E-state index contributed by atoms with van der Waals surface area (Å²) in [4.78, 5) is 51.6. The number of fused-ring (bicyclic) bond motifs is 1. The number of rotatable bonds is 15. The maximum atomic E-state index is 15.3. The van der Waals surface area contributed by atoms with Gasteiger partial charge < -0.3 is 29.2 Å². The van der Waals surface area contributed by atoms with E-state index in [0.29, 0.717) is 24.7 Å². The molecule has 2 unspecified atom stereocenters. The summed E-state index contributed by atoms with van der Waals surface area (Å²) in [7, 11) is 1.47. The Labute approximate surface area is 299 Å². The number of ether oxygens (including phenoxy) is 4. The van der Waals surface area contributed by atoms with Gasteiger partial charge in [0.15, 0.2) is 5.69 Å². The molecule has 0 radical (unpaired) electrons. The van der Waals surface area contributed by atoms with Crippen molar-refractivity contribution in [2.45, 2.75) is 104 Å². The Bertz CT molecular complexity index is 1630. The van der Waals surface area contributed by atoms with E-state index in [1.54, 1.807) is 32.9 Å². The van der Waals surface area contributed by atoms with E-state index in [0.717, 1.165) is 12.8 Å². The van der Waals surface area contributed by atoms with Crippen LogP contribution in [-0.4, -0.2) is 76.9 Å². The molecule has 1 aromatic heterocycles. The Morgan fingerprint density at radius 2 is 1.86 bits per heavy atom. The Morgan fingerprint density at radius 1 is 1.16 bits per heavy atom. The normalized spacial score (nSPS) is 23.8. The molecule has 2 heterocycles. The van der Waals surface area contributed by atoms with Gasteiger partial charge in [-0.05, 0) is 62.1 Å². The molecule has 1 N–H and O–H groups in total. The predicted octanol–water partition coefficient (Wildman–Crippen LogP) is 6.99. The lowest BCUT2D eigenvalue weighted by atomic mass is 9.85. The third kappa shape index (κ3) is 8.96. The molecule has 0 bridgehead atoms. The van der Waals surface area contributed by atoms with E-state index in [-0.39, 0.29) is 36.0 Å². The zero-order chi connectivity index (χ0) is 37.9. The number of alkyl halides is 2. The summed E-state index contributed by atoms with van der Waals surface area (Å²) in [6, 6.07) is 2.37. The van der Waals surface area contributed by atoms with E-state index in [9.17, 15) is 14.4 Å². The van der Waals surface area contributed by atoms with Crippen molar-refractivity contribution in [1.29, 1.82) is 0 Å². The van der Waals surface area contributed by atoms with Gasteiger partial charge in [-0.1, -0.05) is 54.2 Å². The number of aromatic nitrogens is 2. The fourth-order valence-electron chi connectivity index (χ4n) is 6.49. The molecule has 1 aliphatic heterocycles. The molecule has 4 rings (SSSR count). The molecular formula is C38H52F2N4O7. The number of carbonyl (C=O) groups is 3. The van der Waals surface area contributed by atoms with Gasteiger partial charge in [0.1, 0.15) is 29.5 Å². The number of nitrogens with one attached hydrogen (secondary N) is 1. The first-order valence-corrected chi connectivity index (χ1v) is 17.5. The van der Waals surface area contributed by atoms with Crippen molar-refractivity contribution >= 4 is 29.0 Å². The van der Waals surface area contributed by atoms with Crippen molar-refractivity contribution in [3.63, 3.8) is 0 Å². The van der Waals surface area contributed by atoms with E-state index in [1.807, 2.05) is 33.8 Å². The molecule has 11 nitrogen and oxygen atoms in total. The Kier molecular flexibility index (Phi) is 12.0. The van der Waals surface area contributed by atoms with E-state index < -0.39 is 70.6 Å². The SMILES string of the molecule is C=CCCC1CC1(C)OC(=O)N[C@H](C(=O)N1C[C@H](Oc2nc3cc(OC)ccc3nc2C(F)(F)C=C)[C@@H](CC)[C@H]1C(=O)OCC(C)C)C(C)(C)C. The highest BCUT2D eigenvalue weighted by Gasteiger charge is 2.55. The molecule has 1 saturated heterocycles. The van der Waals surface area contributed by atoms with Gasteiger partial charge in [0.25, 0.3) is 0 Å². The molecule has 51 heavy (non-hydrogen) atoms. The van der Waals surface area contributed by atoms with Gasteiger partial charge in [-0.25, -0.2) is 19.6 Å². The maximum Gasteiger partial charge on any atom is 0.408 e. The van der Waals surface area contributed by atoms with Crippen LogP contribution in [0, 0.1) is 23.2 Å². The average Bonchev–Trinajstić information content (AvgIpc) is 3.56. The van der Waals surface area contributed by atoms with E-state index >= 15 is 8.78 Å². The van der Waals surface area contributed by atoms with Crippen LogP contribution in [0.2, 0.25) is 0 Å². The minimum absolute atomic E-state index is 0.0121. The van der Waals surface area contributed by atoms with E-state index in [2.05, 4.69) is 28.4 Å². The molecule has 2 amide bonds. The van der Waals surface area contributed by atoms with Crippen LogP contribution in [0.15, 0.2) is 43.5 Å². The molecule has 1 aromatic carbocycles. The van der Waals surface area contributed by atoms with Gasteiger partial charge in [0.2, 0.25) is 11.8 Å². The minimum Gasteiger partial charge on any atom is -0.497 e. The lowest BCUT2D eigenvalue weighted by molar-refractivity contribution is -0.157. The standard InChI is InChI=1S/C38H52F2N4O7/c1-11-14-15-23-19-37(23,9)51-35(47)43-31(36(6,7)8)33(45)44-20-28(25(12-2)29(44)34(46)49-21-22(4)5)50-32-30(38(39,40)13-3)41-26-17-16-24(48-10)18-27(26)42-32/h11,13,16-18,22-23,25,28-29,31H,1,3,12,14-15,19-21H2,2,4-10H3,(H,43,47)/t23?,25-,28+,29+,31-,37?/m1/s1. The molecule has 13 heteroatoms. The second kappa shape index (κ2) is 15.5. The number of carbonyl (C=O) groups excluding carboxylic acids is 3. The van der Waals surface area contributed by atoms with Gasteiger partial charge in [-0.15, -0.1) is 6.58 Å². The number of hydrogen-bond acceptors (Lipinski definition) is 9. The van der Waals surface area contributed by atoms with Gasteiger partial charge in [-0.3, -0.25) is 4.79 Å². The molecule has 6 atom stereocenters. The summed E-state index contributed by atoms with van der Waals surface area (Å²) in [6.07, 6.45) is 3.20. The quantitative estimate of drug-likeness (QED) is 0.153. The second-order valence-corrected chi connectivity index (χ2v) is 15.2. The fraction of sp³-hybridized carbons (Fsp3) is 0.605. The molecule has 1 aliphatic carbocycles. The van der Waals surface area contributed by atoms with Gasteiger partial charge in [0.05, 0.1) is 31.3 Å². The predicted molar refractivity (Wildman–Crippen MR) is 188 cm³/mol. The Morgan fingerprint density at radius 3 is 2.45 bits per heavy atom. The monoisotopic (exact) mass is 714 g/mol. The van der Waals surface area contributed by atoms with Crippen molar-refractivity contribution in [2.75, 3.05) is 20.3 Å². The number of esters is 1. The number of nitrogens with zero attached hydrogens (tertiary/aromatic N) is 3. The molecule has 2 fully saturated rings. The molecule has 2 aromatic rings. The second-order valence-electron chi connectivity index (χ2n) is 15.2. The van der Waals surface area contributed by atoms with Crippen molar-refractivity contribution in [2.24, 2.45) is 23.2 Å². The number of methoxy groups -OCH3 is 1. The Balaban J connectivity index is 1.70. The number of halogens is 2. The van der Waals surface area contributed by atoms with Crippen LogP contribution < -0.4 is 14.8 Å². The average molecular weight is 715 g/mol. The number of hydrogen-bond donors (Lipinski definition) is 1. The topological polar surface area (TPSA) is 129 Å². The number of amides is 2. The number of alkyl carbamates (subject to hydrolysis) is 1. The van der Waals surface area contributed by atoms with Crippen molar-refractivity contribution in [1.82, 2.24) is 20.2 Å². The van der Waals surface area contributed by atoms with Crippen LogP contribution in [0.4, 0.5) is 13.6 Å². The molecule has 2 aliphatic rings. The number of allylic oxidation sites excluding steroid dienone is 2. The van der Waals surface area contributed by atoms with E-state index in [4.69, 9.17) is 18.9 Å². The number of benzene rings is 1. The molecule has 0 spiro atoms. The first-order chi connectivity index (χ1) is 23.9. The van der Waals surface area contributed by atoms with Gasteiger partial charge in [0, 0.05) is 17.9 Å². The van der Waals surface area contributed by atoms with Crippen LogP contribution in [0.1, 0.15) is 79.8 Å². The van der Waals surface area contributed by atoms with Crippen LogP contribution in [-0.2, 0) is 25.0 Å². The van der Waals surface area contributed by atoms with Crippen LogP contribution >= 0.6 is 0 Å².